The van der Waals surface area contributed by atoms with Gasteiger partial charge in [0.1, 0.15) is 0 Å². The molecule has 0 saturated carbocycles. The van der Waals surface area contributed by atoms with Gasteiger partial charge in [0.15, 0.2) is 5.13 Å². The van der Waals surface area contributed by atoms with Gasteiger partial charge in [0.25, 0.3) is 0 Å². The number of anilines is 1. The highest BCUT2D eigenvalue weighted by molar-refractivity contribution is 7.14. The minimum absolute atomic E-state index is 0.302. The van der Waals surface area contributed by atoms with Crippen molar-refractivity contribution < 1.29 is 14.7 Å². The van der Waals surface area contributed by atoms with E-state index in [1.807, 2.05) is 19.2 Å². The first-order valence-corrected chi connectivity index (χ1v) is 5.54. The fourth-order valence-electron chi connectivity index (χ4n) is 0.903. The maximum Gasteiger partial charge on any atom is 0.328 e. The van der Waals surface area contributed by atoms with E-state index in [4.69, 9.17) is 5.11 Å². The molecule has 0 fully saturated rings. The number of hydrogen-bond acceptors (Lipinski definition) is 4. The molecule has 2 N–H and O–H groups in total. The Labute approximate surface area is 96.8 Å². The summed E-state index contributed by atoms with van der Waals surface area (Å²) in [5.41, 5.74) is 0.905. The lowest BCUT2D eigenvalue weighted by Crippen LogP contribution is -2.08. The minimum Gasteiger partial charge on any atom is -0.478 e. The maximum atomic E-state index is 11.2. The number of aliphatic carboxylic acids is 1. The second-order valence-corrected chi connectivity index (χ2v) is 4.25. The molecule has 1 aromatic heterocycles. The Morgan fingerprint density at radius 3 is 2.69 bits per heavy atom. The van der Waals surface area contributed by atoms with Gasteiger partial charge in [-0.25, -0.2) is 9.78 Å². The molecule has 0 saturated heterocycles. The second-order valence-electron chi connectivity index (χ2n) is 3.39. The summed E-state index contributed by atoms with van der Waals surface area (Å²) in [5.74, 6) is -1.35. The van der Waals surface area contributed by atoms with Gasteiger partial charge in [-0.15, -0.1) is 11.3 Å². The molecule has 86 valence electrons. The van der Waals surface area contributed by atoms with E-state index >= 15 is 0 Å². The molecule has 0 spiro atoms. The highest BCUT2D eigenvalue weighted by atomic mass is 32.1. The monoisotopic (exact) mass is 240 g/mol. The van der Waals surface area contributed by atoms with Crippen molar-refractivity contribution in [3.05, 3.63) is 23.2 Å². The lowest BCUT2D eigenvalue weighted by Gasteiger charge is -1.97. The van der Waals surface area contributed by atoms with Crippen molar-refractivity contribution in [2.75, 3.05) is 5.32 Å². The van der Waals surface area contributed by atoms with Crippen LogP contribution in [-0.4, -0.2) is 22.0 Å². The molecule has 1 aromatic rings. The first kappa shape index (κ1) is 12.4. The standard InChI is InChI=1S/C10H12N2O3S/c1-6(2)7-5-16-10(11-7)12-8(13)3-4-9(14)15/h3-6H,1-2H3,(H,14,15)(H,11,12,13). The molecule has 0 aliphatic heterocycles. The zero-order chi connectivity index (χ0) is 12.1. The molecule has 0 aliphatic carbocycles. The quantitative estimate of drug-likeness (QED) is 0.787. The predicted octanol–water partition coefficient (Wildman–Crippen LogP) is 1.85. The molecule has 1 amide bonds. The maximum absolute atomic E-state index is 11.2. The number of carbonyl (C=O) groups excluding carboxylic acids is 1. The Balaban J connectivity index is 2.59. The van der Waals surface area contributed by atoms with Gasteiger partial charge in [-0.3, -0.25) is 10.1 Å². The first-order valence-electron chi connectivity index (χ1n) is 4.66. The molecule has 0 aliphatic rings. The average molecular weight is 240 g/mol. The van der Waals surface area contributed by atoms with Crippen LogP contribution in [0.4, 0.5) is 5.13 Å². The number of hydrogen-bond donors (Lipinski definition) is 2. The van der Waals surface area contributed by atoms with E-state index in [0.717, 1.165) is 17.8 Å². The lowest BCUT2D eigenvalue weighted by atomic mass is 10.2. The van der Waals surface area contributed by atoms with E-state index < -0.39 is 11.9 Å². The van der Waals surface area contributed by atoms with E-state index in [1.54, 1.807) is 0 Å². The van der Waals surface area contributed by atoms with Crippen molar-refractivity contribution in [3.8, 4) is 0 Å². The molecule has 0 radical (unpaired) electrons. The topological polar surface area (TPSA) is 79.3 Å². The van der Waals surface area contributed by atoms with Crippen LogP contribution < -0.4 is 5.32 Å². The predicted molar refractivity (Wildman–Crippen MR) is 61.6 cm³/mol. The van der Waals surface area contributed by atoms with Gasteiger partial charge in [-0.2, -0.15) is 0 Å². The Kier molecular flexibility index (Phi) is 4.19. The van der Waals surface area contributed by atoms with Gasteiger partial charge in [0.05, 0.1) is 5.69 Å². The number of rotatable bonds is 4. The van der Waals surface area contributed by atoms with Gasteiger partial charge in [0.2, 0.25) is 5.91 Å². The summed E-state index contributed by atoms with van der Waals surface area (Å²) in [6.07, 6.45) is 1.74. The summed E-state index contributed by atoms with van der Waals surface area (Å²) in [5, 5.41) is 13.2. The Bertz CT molecular complexity index is 423. The Morgan fingerprint density at radius 1 is 1.50 bits per heavy atom. The summed E-state index contributed by atoms with van der Waals surface area (Å²) in [6.45, 7) is 4.01. The third-order valence-electron chi connectivity index (χ3n) is 1.72. The molecule has 5 nitrogen and oxygen atoms in total. The van der Waals surface area contributed by atoms with Gasteiger partial charge in [0, 0.05) is 17.5 Å². The largest absolute Gasteiger partial charge is 0.478 e. The van der Waals surface area contributed by atoms with Crippen molar-refractivity contribution in [1.82, 2.24) is 4.98 Å². The van der Waals surface area contributed by atoms with Gasteiger partial charge in [-0.1, -0.05) is 13.8 Å². The van der Waals surface area contributed by atoms with Crippen LogP contribution in [0.1, 0.15) is 25.5 Å². The SMILES string of the molecule is CC(C)c1csc(NC(=O)C=CC(=O)O)n1. The van der Waals surface area contributed by atoms with Crippen LogP contribution in [0.3, 0.4) is 0 Å². The van der Waals surface area contributed by atoms with E-state index in [1.165, 1.54) is 11.3 Å². The number of carboxylic acids is 1. The summed E-state index contributed by atoms with van der Waals surface area (Å²) < 4.78 is 0. The average Bonchev–Trinajstić information content (AvgIpc) is 2.63. The molecule has 16 heavy (non-hydrogen) atoms. The number of carboxylic acid groups (broad SMARTS) is 1. The van der Waals surface area contributed by atoms with Gasteiger partial charge < -0.3 is 5.11 Å². The normalized spacial score (nSPS) is 10.9. The van der Waals surface area contributed by atoms with E-state index in [-0.39, 0.29) is 0 Å². The van der Waals surface area contributed by atoms with Gasteiger partial charge in [-0.05, 0) is 5.92 Å². The summed E-state index contributed by atoms with van der Waals surface area (Å²) in [4.78, 5) is 25.6. The van der Waals surface area contributed by atoms with E-state index in [2.05, 4.69) is 10.3 Å². The highest BCUT2D eigenvalue weighted by Crippen LogP contribution is 2.21. The minimum atomic E-state index is -1.16. The third-order valence-corrected chi connectivity index (χ3v) is 2.50. The van der Waals surface area contributed by atoms with Gasteiger partial charge >= 0.3 is 5.97 Å². The Hall–Kier alpha value is -1.69. The second kappa shape index (κ2) is 5.41. The van der Waals surface area contributed by atoms with Crippen molar-refractivity contribution in [3.63, 3.8) is 0 Å². The Morgan fingerprint density at radius 2 is 2.19 bits per heavy atom. The number of thiazole rings is 1. The van der Waals surface area contributed by atoms with Crippen molar-refractivity contribution in [2.24, 2.45) is 0 Å². The van der Waals surface area contributed by atoms with Crippen LogP contribution in [0.5, 0.6) is 0 Å². The van der Waals surface area contributed by atoms with Crippen molar-refractivity contribution >= 4 is 28.3 Å². The van der Waals surface area contributed by atoms with Crippen LogP contribution in [-0.2, 0) is 9.59 Å². The number of nitrogens with zero attached hydrogens (tertiary/aromatic N) is 1. The fourth-order valence-corrected chi connectivity index (χ4v) is 1.78. The van der Waals surface area contributed by atoms with Crippen LogP contribution in [0.15, 0.2) is 17.5 Å². The third kappa shape index (κ3) is 3.82. The lowest BCUT2D eigenvalue weighted by molar-refractivity contribution is -0.131. The van der Waals surface area contributed by atoms with Crippen LogP contribution in [0, 0.1) is 0 Å². The summed E-state index contributed by atoms with van der Waals surface area (Å²) in [7, 11) is 0. The zero-order valence-electron chi connectivity index (χ0n) is 8.93. The van der Waals surface area contributed by atoms with Crippen LogP contribution in [0.2, 0.25) is 0 Å². The molecule has 6 heteroatoms. The van der Waals surface area contributed by atoms with Crippen LogP contribution in [0.25, 0.3) is 0 Å². The molecule has 1 rings (SSSR count). The summed E-state index contributed by atoms with van der Waals surface area (Å²) >= 11 is 1.32. The number of amides is 1. The fraction of sp³-hybridized carbons (Fsp3) is 0.300. The number of nitrogens with one attached hydrogen (secondary N) is 1. The molecule has 0 unspecified atom stereocenters. The molecule has 0 bridgehead atoms. The first-order chi connectivity index (χ1) is 7.49. The zero-order valence-corrected chi connectivity index (χ0v) is 9.75. The molecule has 0 aromatic carbocycles. The summed E-state index contributed by atoms with van der Waals surface area (Å²) in [6, 6.07) is 0. The number of aromatic nitrogens is 1. The van der Waals surface area contributed by atoms with E-state index in [0.29, 0.717) is 11.0 Å². The van der Waals surface area contributed by atoms with E-state index in [9.17, 15) is 9.59 Å². The molecule has 1 heterocycles. The number of carbonyl (C=O) groups is 2. The molecular weight excluding hydrogens is 228 g/mol. The smallest absolute Gasteiger partial charge is 0.328 e. The van der Waals surface area contributed by atoms with Crippen molar-refractivity contribution in [1.29, 1.82) is 0 Å². The molecule has 0 atom stereocenters. The highest BCUT2D eigenvalue weighted by Gasteiger charge is 2.07. The van der Waals surface area contributed by atoms with Crippen molar-refractivity contribution in [2.45, 2.75) is 19.8 Å². The molecular formula is C10H12N2O3S. The van der Waals surface area contributed by atoms with Crippen LogP contribution >= 0.6 is 11.3 Å².